The van der Waals surface area contributed by atoms with Gasteiger partial charge in [-0.05, 0) is 37.0 Å². The third kappa shape index (κ3) is 3.30. The molecular formula is C17H22N4O. The van der Waals surface area contributed by atoms with Gasteiger partial charge < -0.3 is 15.0 Å². The average Bonchev–Trinajstić information content (AvgIpc) is 2.56. The summed E-state index contributed by atoms with van der Waals surface area (Å²) in [7, 11) is 1.66. The average molecular weight is 298 g/mol. The molecule has 0 amide bonds. The summed E-state index contributed by atoms with van der Waals surface area (Å²) in [4.78, 5) is 11.3. The summed E-state index contributed by atoms with van der Waals surface area (Å²) < 4.78 is 5.35. The van der Waals surface area contributed by atoms with Gasteiger partial charge in [0, 0.05) is 19.3 Å². The van der Waals surface area contributed by atoms with Gasteiger partial charge in [0.25, 0.3) is 0 Å². The van der Waals surface area contributed by atoms with Gasteiger partial charge in [-0.15, -0.1) is 0 Å². The monoisotopic (exact) mass is 298 g/mol. The van der Waals surface area contributed by atoms with E-state index in [-0.39, 0.29) is 0 Å². The van der Waals surface area contributed by atoms with Crippen molar-refractivity contribution in [1.29, 1.82) is 0 Å². The first kappa shape index (κ1) is 14.6. The van der Waals surface area contributed by atoms with Crippen LogP contribution in [0.1, 0.15) is 19.8 Å². The Balaban J connectivity index is 1.79. The third-order valence-corrected chi connectivity index (χ3v) is 3.98. The molecule has 1 aliphatic heterocycles. The molecule has 1 aromatic heterocycles. The van der Waals surface area contributed by atoms with E-state index < -0.39 is 0 Å². The fourth-order valence-electron chi connectivity index (χ4n) is 2.85. The van der Waals surface area contributed by atoms with Crippen LogP contribution >= 0.6 is 0 Å². The fraction of sp³-hybridized carbons (Fsp3) is 0.412. The summed E-state index contributed by atoms with van der Waals surface area (Å²) in [5, 5.41) is 3.24. The van der Waals surface area contributed by atoms with Crippen LogP contribution in [-0.4, -0.2) is 30.2 Å². The molecule has 3 rings (SSSR count). The van der Waals surface area contributed by atoms with Crippen LogP contribution in [0.5, 0.6) is 5.75 Å². The van der Waals surface area contributed by atoms with Crippen LogP contribution in [0.3, 0.4) is 0 Å². The number of hydrogen-bond acceptors (Lipinski definition) is 5. The van der Waals surface area contributed by atoms with Crippen molar-refractivity contribution in [1.82, 2.24) is 9.97 Å². The van der Waals surface area contributed by atoms with Crippen LogP contribution in [0, 0.1) is 5.92 Å². The first-order valence-corrected chi connectivity index (χ1v) is 7.74. The molecule has 5 nitrogen and oxygen atoms in total. The molecule has 1 atom stereocenters. The standard InChI is InChI=1S/C17H22N4O/c1-13-6-5-11-21(12-13)16-9-10-18-17(20-16)19-14-7-3-4-8-15(14)22-2/h3-4,7-10,13H,5-6,11-12H2,1-2H3,(H,18,19,20). The van der Waals surface area contributed by atoms with E-state index in [9.17, 15) is 0 Å². The van der Waals surface area contributed by atoms with Gasteiger partial charge in [0.1, 0.15) is 11.6 Å². The SMILES string of the molecule is COc1ccccc1Nc1nccc(N2CCCC(C)C2)n1. The molecule has 1 saturated heterocycles. The molecular weight excluding hydrogens is 276 g/mol. The van der Waals surface area contributed by atoms with Gasteiger partial charge in [-0.2, -0.15) is 4.98 Å². The molecule has 0 saturated carbocycles. The molecule has 5 heteroatoms. The summed E-state index contributed by atoms with van der Waals surface area (Å²) in [6.07, 6.45) is 4.33. The number of benzene rings is 1. The Kier molecular flexibility index (Phi) is 4.42. The van der Waals surface area contributed by atoms with E-state index in [0.717, 1.165) is 30.3 Å². The molecule has 2 aromatic rings. The Labute approximate surface area is 131 Å². The molecule has 22 heavy (non-hydrogen) atoms. The molecule has 2 heterocycles. The second kappa shape index (κ2) is 6.64. The zero-order valence-corrected chi connectivity index (χ0v) is 13.1. The number of nitrogens with zero attached hydrogens (tertiary/aromatic N) is 3. The van der Waals surface area contributed by atoms with E-state index in [1.54, 1.807) is 13.3 Å². The Morgan fingerprint density at radius 3 is 2.95 bits per heavy atom. The molecule has 1 aliphatic rings. The molecule has 1 fully saturated rings. The highest BCUT2D eigenvalue weighted by molar-refractivity contribution is 5.63. The second-order valence-corrected chi connectivity index (χ2v) is 5.76. The molecule has 0 radical (unpaired) electrons. The summed E-state index contributed by atoms with van der Waals surface area (Å²) in [6, 6.07) is 9.75. The molecule has 116 valence electrons. The minimum atomic E-state index is 0.597. The molecule has 1 unspecified atom stereocenters. The lowest BCUT2D eigenvalue weighted by molar-refractivity contribution is 0.417. The van der Waals surface area contributed by atoms with Gasteiger partial charge in [-0.3, -0.25) is 0 Å². The van der Waals surface area contributed by atoms with E-state index in [0.29, 0.717) is 11.9 Å². The maximum absolute atomic E-state index is 5.35. The van der Waals surface area contributed by atoms with Gasteiger partial charge in [0.05, 0.1) is 12.8 Å². The van der Waals surface area contributed by atoms with Crippen molar-refractivity contribution in [3.05, 3.63) is 36.5 Å². The van der Waals surface area contributed by atoms with Gasteiger partial charge in [-0.1, -0.05) is 19.1 Å². The quantitative estimate of drug-likeness (QED) is 0.936. The number of aromatic nitrogens is 2. The van der Waals surface area contributed by atoms with E-state index >= 15 is 0 Å². The number of anilines is 3. The molecule has 1 N–H and O–H groups in total. The normalized spacial score (nSPS) is 18.1. The van der Waals surface area contributed by atoms with E-state index in [1.807, 2.05) is 30.3 Å². The number of methoxy groups -OCH3 is 1. The van der Waals surface area contributed by atoms with E-state index in [2.05, 4.69) is 27.1 Å². The number of hydrogen-bond donors (Lipinski definition) is 1. The molecule has 0 bridgehead atoms. The zero-order valence-electron chi connectivity index (χ0n) is 13.1. The topological polar surface area (TPSA) is 50.3 Å². The van der Waals surface area contributed by atoms with Gasteiger partial charge in [0.2, 0.25) is 5.95 Å². The van der Waals surface area contributed by atoms with E-state index in [4.69, 9.17) is 4.74 Å². The number of rotatable bonds is 4. The fourth-order valence-corrected chi connectivity index (χ4v) is 2.85. The Hall–Kier alpha value is -2.30. The number of para-hydroxylation sites is 2. The Morgan fingerprint density at radius 2 is 2.14 bits per heavy atom. The van der Waals surface area contributed by atoms with Crippen LogP contribution in [0.25, 0.3) is 0 Å². The summed E-state index contributed by atoms with van der Waals surface area (Å²) >= 11 is 0. The van der Waals surface area contributed by atoms with Crippen LogP contribution in [0.15, 0.2) is 36.5 Å². The highest BCUT2D eigenvalue weighted by atomic mass is 16.5. The molecule has 1 aromatic carbocycles. The zero-order chi connectivity index (χ0) is 15.4. The lowest BCUT2D eigenvalue weighted by Crippen LogP contribution is -2.34. The van der Waals surface area contributed by atoms with Crippen molar-refractivity contribution in [2.75, 3.05) is 30.4 Å². The molecule has 0 aliphatic carbocycles. The van der Waals surface area contributed by atoms with Crippen molar-refractivity contribution in [3.8, 4) is 5.75 Å². The van der Waals surface area contributed by atoms with Crippen molar-refractivity contribution < 1.29 is 4.74 Å². The third-order valence-electron chi connectivity index (χ3n) is 3.98. The predicted octanol–water partition coefficient (Wildman–Crippen LogP) is 3.47. The summed E-state index contributed by atoms with van der Waals surface area (Å²) in [5.41, 5.74) is 0.870. The van der Waals surface area contributed by atoms with Gasteiger partial charge >= 0.3 is 0 Å². The maximum Gasteiger partial charge on any atom is 0.229 e. The highest BCUT2D eigenvalue weighted by Gasteiger charge is 2.18. The van der Waals surface area contributed by atoms with Crippen molar-refractivity contribution >= 4 is 17.5 Å². The first-order valence-electron chi connectivity index (χ1n) is 7.74. The minimum Gasteiger partial charge on any atom is -0.495 e. The summed E-state index contributed by atoms with van der Waals surface area (Å²) in [5.74, 6) is 3.08. The van der Waals surface area contributed by atoms with E-state index in [1.165, 1.54) is 12.8 Å². The number of ether oxygens (including phenoxy) is 1. The minimum absolute atomic E-state index is 0.597. The van der Waals surface area contributed by atoms with Gasteiger partial charge in [0.15, 0.2) is 0 Å². The predicted molar refractivity (Wildman–Crippen MR) is 88.9 cm³/mol. The van der Waals surface area contributed by atoms with Crippen LogP contribution in [0.4, 0.5) is 17.5 Å². The maximum atomic E-state index is 5.35. The van der Waals surface area contributed by atoms with Crippen molar-refractivity contribution in [2.24, 2.45) is 5.92 Å². The molecule has 0 spiro atoms. The van der Waals surface area contributed by atoms with Crippen LogP contribution in [0.2, 0.25) is 0 Å². The number of piperidine rings is 1. The lowest BCUT2D eigenvalue weighted by Gasteiger charge is -2.31. The highest BCUT2D eigenvalue weighted by Crippen LogP contribution is 2.27. The van der Waals surface area contributed by atoms with Crippen molar-refractivity contribution in [2.45, 2.75) is 19.8 Å². The first-order chi connectivity index (χ1) is 10.8. The van der Waals surface area contributed by atoms with Crippen molar-refractivity contribution in [3.63, 3.8) is 0 Å². The Bertz CT molecular complexity index is 632. The Morgan fingerprint density at radius 1 is 1.27 bits per heavy atom. The van der Waals surface area contributed by atoms with Gasteiger partial charge in [-0.25, -0.2) is 4.98 Å². The largest absolute Gasteiger partial charge is 0.495 e. The number of nitrogens with one attached hydrogen (secondary N) is 1. The smallest absolute Gasteiger partial charge is 0.229 e. The summed E-state index contributed by atoms with van der Waals surface area (Å²) in [6.45, 7) is 4.42. The van der Waals surface area contributed by atoms with Crippen LogP contribution < -0.4 is 15.0 Å². The van der Waals surface area contributed by atoms with Crippen LogP contribution in [-0.2, 0) is 0 Å². The second-order valence-electron chi connectivity index (χ2n) is 5.76. The lowest BCUT2D eigenvalue weighted by atomic mass is 10.0.